The molecule has 1 aromatic carbocycles. The van der Waals surface area contributed by atoms with Crippen molar-refractivity contribution < 1.29 is 9.53 Å². The van der Waals surface area contributed by atoms with Gasteiger partial charge in [-0.1, -0.05) is 23.7 Å². The van der Waals surface area contributed by atoms with E-state index in [0.717, 1.165) is 76.3 Å². The second-order valence-electron chi connectivity index (χ2n) is 7.70. The van der Waals surface area contributed by atoms with Crippen molar-refractivity contribution in [2.24, 2.45) is 4.99 Å². The zero-order chi connectivity index (χ0) is 21.2. The van der Waals surface area contributed by atoms with Gasteiger partial charge in [0.15, 0.2) is 5.96 Å². The number of nitrogens with one attached hydrogen (secondary N) is 2. The highest BCUT2D eigenvalue weighted by molar-refractivity contribution is 14.0. The van der Waals surface area contributed by atoms with Crippen LogP contribution in [0, 0.1) is 0 Å². The molecule has 2 aliphatic rings. The van der Waals surface area contributed by atoms with Crippen LogP contribution in [-0.2, 0) is 9.53 Å². The number of rotatable bonds is 9. The van der Waals surface area contributed by atoms with Gasteiger partial charge < -0.3 is 20.3 Å². The monoisotopic (exact) mass is 563 g/mol. The van der Waals surface area contributed by atoms with Crippen molar-refractivity contribution in [3.8, 4) is 0 Å². The SMILES string of the molecule is CCNC(=NCC(c1ccc(Cl)cc1)N1CCOCC1)NCCCN1CCCC1=O.I. The highest BCUT2D eigenvalue weighted by Crippen LogP contribution is 2.24. The van der Waals surface area contributed by atoms with Gasteiger partial charge in [0.1, 0.15) is 0 Å². The Morgan fingerprint density at radius 2 is 1.94 bits per heavy atom. The highest BCUT2D eigenvalue weighted by atomic mass is 127. The maximum atomic E-state index is 11.7. The lowest BCUT2D eigenvalue weighted by Crippen LogP contribution is -2.42. The Hall–Kier alpha value is -1.10. The van der Waals surface area contributed by atoms with Crippen molar-refractivity contribution in [1.29, 1.82) is 0 Å². The van der Waals surface area contributed by atoms with E-state index in [1.165, 1.54) is 5.56 Å². The molecule has 3 rings (SSSR count). The van der Waals surface area contributed by atoms with Crippen LogP contribution in [0.1, 0.15) is 37.8 Å². The van der Waals surface area contributed by atoms with Crippen molar-refractivity contribution >= 4 is 47.4 Å². The number of hydrogen-bond acceptors (Lipinski definition) is 4. The van der Waals surface area contributed by atoms with Gasteiger partial charge in [0, 0.05) is 50.7 Å². The van der Waals surface area contributed by atoms with Crippen LogP contribution < -0.4 is 10.6 Å². The Morgan fingerprint density at radius 3 is 2.58 bits per heavy atom. The summed E-state index contributed by atoms with van der Waals surface area (Å²) in [5.41, 5.74) is 1.22. The second kappa shape index (κ2) is 14.1. The zero-order valence-corrected chi connectivity index (χ0v) is 21.4. The summed E-state index contributed by atoms with van der Waals surface area (Å²) in [5.74, 6) is 1.10. The van der Waals surface area contributed by atoms with E-state index in [1.54, 1.807) is 0 Å². The molecule has 0 aliphatic carbocycles. The molecule has 0 spiro atoms. The fourth-order valence-electron chi connectivity index (χ4n) is 3.94. The fraction of sp³-hybridized carbons (Fsp3) is 0.636. The molecule has 174 valence electrons. The summed E-state index contributed by atoms with van der Waals surface area (Å²) >= 11 is 6.09. The van der Waals surface area contributed by atoms with E-state index in [9.17, 15) is 4.79 Å². The van der Waals surface area contributed by atoms with E-state index in [1.807, 2.05) is 17.0 Å². The minimum absolute atomic E-state index is 0. The first-order valence-electron chi connectivity index (χ1n) is 11.0. The molecular formula is C22H35ClIN5O2. The number of ether oxygens (including phenoxy) is 1. The summed E-state index contributed by atoms with van der Waals surface area (Å²) < 4.78 is 5.53. The second-order valence-corrected chi connectivity index (χ2v) is 8.14. The first-order valence-corrected chi connectivity index (χ1v) is 11.4. The molecule has 1 unspecified atom stereocenters. The lowest BCUT2D eigenvalue weighted by atomic mass is 10.0. The molecule has 1 aromatic rings. The number of carbonyl (C=O) groups is 1. The van der Waals surface area contributed by atoms with Gasteiger partial charge in [-0.2, -0.15) is 0 Å². The maximum absolute atomic E-state index is 11.7. The Bertz CT molecular complexity index is 698. The third-order valence-electron chi connectivity index (χ3n) is 5.58. The molecule has 31 heavy (non-hydrogen) atoms. The third-order valence-corrected chi connectivity index (χ3v) is 5.83. The molecular weight excluding hydrogens is 529 g/mol. The summed E-state index contributed by atoms with van der Waals surface area (Å²) in [6.45, 7) is 9.33. The smallest absolute Gasteiger partial charge is 0.222 e. The standard InChI is InChI=1S/C22H34ClN5O2.HI/c1-2-24-22(25-10-4-12-28-11-3-5-21(28)29)26-17-20(27-13-15-30-16-14-27)18-6-8-19(23)9-7-18;/h6-9,20H,2-5,10-17H2,1H3,(H2,24,25,26);1H. The number of benzene rings is 1. The summed E-state index contributed by atoms with van der Waals surface area (Å²) in [5, 5.41) is 7.49. The molecule has 2 saturated heterocycles. The van der Waals surface area contributed by atoms with E-state index in [4.69, 9.17) is 21.3 Å². The van der Waals surface area contributed by atoms with Crippen LogP contribution >= 0.6 is 35.6 Å². The van der Waals surface area contributed by atoms with Gasteiger partial charge in [-0.25, -0.2) is 0 Å². The van der Waals surface area contributed by atoms with Gasteiger partial charge >= 0.3 is 0 Å². The van der Waals surface area contributed by atoms with E-state index in [-0.39, 0.29) is 35.9 Å². The van der Waals surface area contributed by atoms with Crippen LogP contribution in [0.2, 0.25) is 5.02 Å². The molecule has 7 nitrogen and oxygen atoms in total. The third kappa shape index (κ3) is 8.40. The Balaban J connectivity index is 0.00000341. The lowest BCUT2D eigenvalue weighted by molar-refractivity contribution is -0.127. The van der Waals surface area contributed by atoms with Gasteiger partial charge in [-0.15, -0.1) is 24.0 Å². The van der Waals surface area contributed by atoms with Gasteiger partial charge in [0.25, 0.3) is 0 Å². The van der Waals surface area contributed by atoms with Crippen LogP contribution in [0.4, 0.5) is 0 Å². The van der Waals surface area contributed by atoms with Crippen molar-refractivity contribution in [2.75, 3.05) is 59.0 Å². The number of likely N-dealkylation sites (tertiary alicyclic amines) is 1. The Morgan fingerprint density at radius 1 is 1.19 bits per heavy atom. The lowest BCUT2D eigenvalue weighted by Gasteiger charge is -2.34. The molecule has 2 aliphatic heterocycles. The largest absolute Gasteiger partial charge is 0.379 e. The van der Waals surface area contributed by atoms with Gasteiger partial charge in [0.2, 0.25) is 5.91 Å². The summed E-state index contributed by atoms with van der Waals surface area (Å²) in [6.07, 6.45) is 2.61. The topological polar surface area (TPSA) is 69.2 Å². The van der Waals surface area contributed by atoms with Crippen LogP contribution in [0.3, 0.4) is 0 Å². The zero-order valence-electron chi connectivity index (χ0n) is 18.3. The quantitative estimate of drug-likeness (QED) is 0.209. The highest BCUT2D eigenvalue weighted by Gasteiger charge is 2.23. The number of nitrogens with zero attached hydrogens (tertiary/aromatic N) is 3. The van der Waals surface area contributed by atoms with Crippen molar-refractivity contribution in [3.05, 3.63) is 34.9 Å². The average Bonchev–Trinajstić information content (AvgIpc) is 3.18. The molecule has 2 fully saturated rings. The van der Waals surface area contributed by atoms with E-state index in [0.29, 0.717) is 13.0 Å². The van der Waals surface area contributed by atoms with Crippen LogP contribution in [0.15, 0.2) is 29.3 Å². The normalized spacial score (nSPS) is 18.6. The van der Waals surface area contributed by atoms with E-state index in [2.05, 4.69) is 34.6 Å². The number of hydrogen-bond donors (Lipinski definition) is 2. The predicted molar refractivity (Wildman–Crippen MR) is 136 cm³/mol. The van der Waals surface area contributed by atoms with Crippen LogP contribution in [0.5, 0.6) is 0 Å². The van der Waals surface area contributed by atoms with E-state index >= 15 is 0 Å². The number of carbonyl (C=O) groups excluding carboxylic acids is 1. The van der Waals surface area contributed by atoms with Crippen molar-refractivity contribution in [3.63, 3.8) is 0 Å². The van der Waals surface area contributed by atoms with Crippen LogP contribution in [-0.4, -0.2) is 80.7 Å². The summed E-state index contributed by atoms with van der Waals surface area (Å²) in [6, 6.07) is 8.24. The number of halogens is 2. The molecule has 2 N–H and O–H groups in total. The van der Waals surface area contributed by atoms with Gasteiger partial charge in [-0.3, -0.25) is 14.7 Å². The minimum Gasteiger partial charge on any atom is -0.379 e. The molecule has 2 heterocycles. The number of amides is 1. The molecule has 0 aromatic heterocycles. The van der Waals surface area contributed by atoms with E-state index < -0.39 is 0 Å². The minimum atomic E-state index is 0. The number of morpholine rings is 1. The molecule has 9 heteroatoms. The summed E-state index contributed by atoms with van der Waals surface area (Å²) in [7, 11) is 0. The molecule has 0 radical (unpaired) electrons. The first-order chi connectivity index (χ1) is 14.7. The van der Waals surface area contributed by atoms with Crippen LogP contribution in [0.25, 0.3) is 0 Å². The molecule has 0 bridgehead atoms. The average molecular weight is 564 g/mol. The summed E-state index contributed by atoms with van der Waals surface area (Å²) in [4.78, 5) is 21.0. The fourth-order valence-corrected chi connectivity index (χ4v) is 4.07. The number of guanidine groups is 1. The molecule has 0 saturated carbocycles. The Labute approximate surface area is 207 Å². The molecule has 1 amide bonds. The Kier molecular flexibility index (Phi) is 11.9. The predicted octanol–water partition coefficient (Wildman–Crippen LogP) is 2.90. The molecule has 1 atom stereocenters. The van der Waals surface area contributed by atoms with Crippen molar-refractivity contribution in [1.82, 2.24) is 20.4 Å². The van der Waals surface area contributed by atoms with Crippen molar-refractivity contribution in [2.45, 2.75) is 32.2 Å². The van der Waals surface area contributed by atoms with Gasteiger partial charge in [0.05, 0.1) is 25.8 Å². The first kappa shape index (κ1) is 26.2. The van der Waals surface area contributed by atoms with Gasteiger partial charge in [-0.05, 0) is 37.5 Å². The maximum Gasteiger partial charge on any atom is 0.222 e. The number of aliphatic imine (C=N–C) groups is 1.